The molecule has 6 heteroatoms. The van der Waals surface area contributed by atoms with Gasteiger partial charge >= 0.3 is 5.97 Å². The van der Waals surface area contributed by atoms with Crippen LogP contribution in [-0.2, 0) is 9.53 Å². The van der Waals surface area contributed by atoms with E-state index in [1.165, 1.54) is 4.90 Å². The average molecular weight is 356 g/mol. The molecule has 0 radical (unpaired) electrons. The van der Waals surface area contributed by atoms with Crippen LogP contribution in [-0.4, -0.2) is 52.3 Å². The summed E-state index contributed by atoms with van der Waals surface area (Å²) in [5.74, 6) is -1.29. The normalized spacial score (nSPS) is 18.6. The molecule has 0 aliphatic carbocycles. The molecule has 3 rings (SSSR count). The van der Waals surface area contributed by atoms with Crippen molar-refractivity contribution in [2.24, 2.45) is 0 Å². The molecular weight excluding hydrogens is 332 g/mol. The zero-order chi connectivity index (χ0) is 18.8. The Kier molecular flexibility index (Phi) is 5.13. The molecule has 1 aromatic heterocycles. The second kappa shape index (κ2) is 7.33. The number of aromatic nitrogens is 1. The Balaban J connectivity index is 1.94. The third kappa shape index (κ3) is 3.24. The van der Waals surface area contributed by atoms with Gasteiger partial charge in [0, 0.05) is 17.9 Å². The largest absolute Gasteiger partial charge is 0.480 e. The van der Waals surface area contributed by atoms with Crippen molar-refractivity contribution in [1.82, 2.24) is 9.47 Å². The number of aryl methyl sites for hydroxylation is 1. The van der Waals surface area contributed by atoms with E-state index in [0.717, 1.165) is 17.0 Å². The van der Waals surface area contributed by atoms with Crippen molar-refractivity contribution >= 4 is 11.9 Å². The Labute approximate surface area is 153 Å². The zero-order valence-electron chi connectivity index (χ0n) is 15.3. The van der Waals surface area contributed by atoms with Gasteiger partial charge in [0.2, 0.25) is 0 Å². The highest BCUT2D eigenvalue weighted by atomic mass is 16.5. The monoisotopic (exact) mass is 356 g/mol. The molecule has 1 aliphatic rings. The van der Waals surface area contributed by atoms with E-state index in [1.54, 1.807) is 0 Å². The molecule has 0 unspecified atom stereocenters. The predicted molar refractivity (Wildman–Crippen MR) is 97.4 cm³/mol. The number of amides is 1. The van der Waals surface area contributed by atoms with Crippen LogP contribution in [0.4, 0.5) is 0 Å². The van der Waals surface area contributed by atoms with Crippen LogP contribution in [0, 0.1) is 13.8 Å². The van der Waals surface area contributed by atoms with Crippen LogP contribution in [0.1, 0.15) is 40.3 Å². The summed E-state index contributed by atoms with van der Waals surface area (Å²) in [7, 11) is 0. The second-order valence-electron chi connectivity index (χ2n) is 6.67. The molecule has 2 atom stereocenters. The second-order valence-corrected chi connectivity index (χ2v) is 6.67. The lowest BCUT2D eigenvalue weighted by atomic mass is 10.1. The Morgan fingerprint density at radius 1 is 1.23 bits per heavy atom. The van der Waals surface area contributed by atoms with Crippen molar-refractivity contribution in [3.05, 3.63) is 58.9 Å². The van der Waals surface area contributed by atoms with Gasteiger partial charge in [0.25, 0.3) is 5.91 Å². The van der Waals surface area contributed by atoms with Gasteiger partial charge in [0.1, 0.15) is 0 Å². The minimum absolute atomic E-state index is 0.0280. The molecule has 0 saturated carbocycles. The number of rotatable bonds is 4. The minimum Gasteiger partial charge on any atom is -0.480 e. The number of carbonyl (C=O) groups excluding carboxylic acids is 1. The highest BCUT2D eigenvalue weighted by Gasteiger charge is 2.34. The van der Waals surface area contributed by atoms with Gasteiger partial charge in [-0.15, -0.1) is 0 Å². The van der Waals surface area contributed by atoms with Gasteiger partial charge in [-0.05, 0) is 32.4 Å². The van der Waals surface area contributed by atoms with Gasteiger partial charge in [-0.2, -0.15) is 0 Å². The highest BCUT2D eigenvalue weighted by Crippen LogP contribution is 2.27. The fourth-order valence-corrected chi connectivity index (χ4v) is 3.68. The third-order valence-corrected chi connectivity index (χ3v) is 5.06. The first-order valence-electron chi connectivity index (χ1n) is 8.76. The van der Waals surface area contributed by atoms with Gasteiger partial charge in [0.05, 0.1) is 24.8 Å². The van der Waals surface area contributed by atoms with Crippen molar-refractivity contribution in [3.63, 3.8) is 0 Å². The van der Waals surface area contributed by atoms with E-state index < -0.39 is 12.0 Å². The molecular formula is C20H24N2O4. The lowest BCUT2D eigenvalue weighted by Gasteiger charge is -2.33. The van der Waals surface area contributed by atoms with Crippen molar-refractivity contribution in [2.45, 2.75) is 32.9 Å². The van der Waals surface area contributed by atoms with Crippen LogP contribution in [0.25, 0.3) is 0 Å². The topological polar surface area (TPSA) is 71.8 Å². The summed E-state index contributed by atoms with van der Waals surface area (Å²) in [5.41, 5.74) is 3.53. The maximum absolute atomic E-state index is 13.1. The van der Waals surface area contributed by atoms with Crippen LogP contribution in [0.5, 0.6) is 0 Å². The van der Waals surface area contributed by atoms with E-state index in [0.29, 0.717) is 12.2 Å². The summed E-state index contributed by atoms with van der Waals surface area (Å²) in [6.45, 7) is 6.65. The quantitative estimate of drug-likeness (QED) is 0.914. The Hall–Kier alpha value is -2.60. The summed E-state index contributed by atoms with van der Waals surface area (Å²) >= 11 is 0. The fourth-order valence-electron chi connectivity index (χ4n) is 3.68. The van der Waals surface area contributed by atoms with Crippen LogP contribution in [0.2, 0.25) is 0 Å². The summed E-state index contributed by atoms with van der Waals surface area (Å²) in [6, 6.07) is 11.1. The predicted octanol–water partition coefficient (Wildman–Crippen LogP) is 2.64. The molecule has 1 aliphatic heterocycles. The molecule has 2 heterocycles. The van der Waals surface area contributed by atoms with Crippen molar-refractivity contribution in [1.29, 1.82) is 0 Å². The smallest absolute Gasteiger partial charge is 0.328 e. The minimum atomic E-state index is -1.04. The first-order chi connectivity index (χ1) is 12.4. The van der Waals surface area contributed by atoms with E-state index in [4.69, 9.17) is 4.74 Å². The van der Waals surface area contributed by atoms with Crippen molar-refractivity contribution in [2.75, 3.05) is 19.8 Å². The number of nitrogens with zero attached hydrogens (tertiary/aromatic N) is 2. The standard InChI is InChI=1S/C20H24N2O4/c1-13-11-17(19(23)21-9-10-26-12-18(21)20(24)25)15(3)22(13)14(2)16-7-5-4-6-8-16/h4-8,11,14,18H,9-10,12H2,1-3H3,(H,24,25)/t14-,18+/m0/s1. The SMILES string of the molecule is Cc1cc(C(=O)N2CCOC[C@@H]2C(=O)O)c(C)n1[C@@H](C)c1ccccc1. The molecule has 1 N–H and O–H groups in total. The first-order valence-corrected chi connectivity index (χ1v) is 8.76. The molecule has 1 amide bonds. The average Bonchev–Trinajstić information content (AvgIpc) is 2.95. The van der Waals surface area contributed by atoms with Gasteiger partial charge in [-0.25, -0.2) is 4.79 Å². The van der Waals surface area contributed by atoms with E-state index >= 15 is 0 Å². The maximum Gasteiger partial charge on any atom is 0.328 e. The maximum atomic E-state index is 13.1. The number of ether oxygens (including phenoxy) is 1. The molecule has 26 heavy (non-hydrogen) atoms. The lowest BCUT2D eigenvalue weighted by Crippen LogP contribution is -2.52. The molecule has 1 fully saturated rings. The van der Waals surface area contributed by atoms with Crippen molar-refractivity contribution < 1.29 is 19.4 Å². The summed E-state index contributed by atoms with van der Waals surface area (Å²) in [5, 5.41) is 9.39. The van der Waals surface area contributed by atoms with Crippen molar-refractivity contribution in [3.8, 4) is 0 Å². The third-order valence-electron chi connectivity index (χ3n) is 5.06. The number of hydrogen-bond acceptors (Lipinski definition) is 3. The van der Waals surface area contributed by atoms with Gasteiger partial charge in [0.15, 0.2) is 6.04 Å². The number of morpholine rings is 1. The highest BCUT2D eigenvalue weighted by molar-refractivity contribution is 5.98. The molecule has 6 nitrogen and oxygen atoms in total. The van der Waals surface area contributed by atoms with Gasteiger partial charge in [-0.1, -0.05) is 30.3 Å². The van der Waals surface area contributed by atoms with E-state index in [9.17, 15) is 14.7 Å². The molecule has 1 aromatic carbocycles. The van der Waals surface area contributed by atoms with E-state index in [-0.39, 0.29) is 25.1 Å². The number of aliphatic carboxylic acids is 1. The van der Waals surface area contributed by atoms with Crippen LogP contribution in [0.15, 0.2) is 36.4 Å². The first kappa shape index (κ1) is 18.2. The molecule has 2 aromatic rings. The Bertz CT molecular complexity index is 813. The van der Waals surface area contributed by atoms with Crippen LogP contribution >= 0.6 is 0 Å². The van der Waals surface area contributed by atoms with E-state index in [1.807, 2.05) is 38.1 Å². The zero-order valence-corrected chi connectivity index (χ0v) is 15.3. The number of carboxylic acids is 1. The molecule has 0 spiro atoms. The Morgan fingerprint density at radius 3 is 2.58 bits per heavy atom. The number of benzene rings is 1. The number of carboxylic acid groups (broad SMARTS) is 1. The van der Waals surface area contributed by atoms with E-state index in [2.05, 4.69) is 23.6 Å². The van der Waals surface area contributed by atoms with Gasteiger partial charge in [-0.3, -0.25) is 4.79 Å². The number of hydrogen-bond donors (Lipinski definition) is 1. The molecule has 1 saturated heterocycles. The summed E-state index contributed by atoms with van der Waals surface area (Å²) in [4.78, 5) is 25.9. The van der Waals surface area contributed by atoms with Gasteiger partial charge < -0.3 is 19.3 Å². The number of carbonyl (C=O) groups is 2. The summed E-state index contributed by atoms with van der Waals surface area (Å²) in [6.07, 6.45) is 0. The van der Waals surface area contributed by atoms with Crippen LogP contribution in [0.3, 0.4) is 0 Å². The molecule has 138 valence electrons. The fraction of sp³-hybridized carbons (Fsp3) is 0.400. The summed E-state index contributed by atoms with van der Waals surface area (Å²) < 4.78 is 7.36. The van der Waals surface area contributed by atoms with Crippen LogP contribution < -0.4 is 0 Å². The lowest BCUT2D eigenvalue weighted by molar-refractivity contribution is -0.147. The molecule has 0 bridgehead atoms. The Morgan fingerprint density at radius 2 is 1.92 bits per heavy atom.